The van der Waals surface area contributed by atoms with Crippen LogP contribution in [0.25, 0.3) is 33.2 Å². The number of aliphatic hydroxyl groups is 1. The van der Waals surface area contributed by atoms with Crippen molar-refractivity contribution in [2.24, 2.45) is 0 Å². The second-order valence-electron chi connectivity index (χ2n) is 8.72. The molecule has 1 aliphatic heterocycles. The number of aromatic nitrogens is 2. The van der Waals surface area contributed by atoms with Gasteiger partial charge in [0.2, 0.25) is 0 Å². The summed E-state index contributed by atoms with van der Waals surface area (Å²) in [6.45, 7) is 1.93. The molecule has 38 heavy (non-hydrogen) atoms. The highest BCUT2D eigenvalue weighted by molar-refractivity contribution is 6.30. The Morgan fingerprint density at radius 3 is 1.66 bits per heavy atom. The van der Waals surface area contributed by atoms with Gasteiger partial charge in [-0.25, -0.2) is 0 Å². The summed E-state index contributed by atoms with van der Waals surface area (Å²) in [7, 11) is 0. The second kappa shape index (κ2) is 10.7. The molecule has 2 aromatic heterocycles. The van der Waals surface area contributed by atoms with Crippen LogP contribution in [0.15, 0.2) is 96.3 Å². The predicted molar refractivity (Wildman–Crippen MR) is 152 cm³/mol. The number of aliphatic hydroxyl groups excluding tert-OH is 1. The molecular weight excluding hydrogens is 494 g/mol. The van der Waals surface area contributed by atoms with E-state index in [4.69, 9.17) is 16.7 Å². The van der Waals surface area contributed by atoms with Gasteiger partial charge in [0.1, 0.15) is 0 Å². The summed E-state index contributed by atoms with van der Waals surface area (Å²) in [5.41, 5.74) is 6.87. The van der Waals surface area contributed by atoms with E-state index < -0.39 is 5.92 Å². The van der Waals surface area contributed by atoms with Crippen LogP contribution in [0.5, 0.6) is 0 Å². The summed E-state index contributed by atoms with van der Waals surface area (Å²) in [6.07, 6.45) is 3.82. The van der Waals surface area contributed by atoms with Gasteiger partial charge in [-0.3, -0.25) is 0 Å². The molecule has 6 rings (SSSR count). The number of para-hydroxylation sites is 2. The topological polar surface area (TPSA) is 111 Å². The highest BCUT2D eigenvalue weighted by Crippen LogP contribution is 2.44. The van der Waals surface area contributed by atoms with Crippen molar-refractivity contribution in [2.75, 3.05) is 6.61 Å². The van der Waals surface area contributed by atoms with Gasteiger partial charge in [-0.1, -0.05) is 60.1 Å². The van der Waals surface area contributed by atoms with Gasteiger partial charge in [-0.15, -0.1) is 0 Å². The lowest BCUT2D eigenvalue weighted by molar-refractivity contribution is 0.318. The molecule has 0 bridgehead atoms. The molecule has 7 heteroatoms. The molecule has 5 aromatic rings. The van der Waals surface area contributed by atoms with Gasteiger partial charge in [0.25, 0.3) is 0 Å². The molecule has 3 aromatic carbocycles. The number of rotatable bonds is 3. The molecule has 0 aliphatic carbocycles. The lowest BCUT2D eigenvalue weighted by atomic mass is 9.79. The van der Waals surface area contributed by atoms with Crippen LogP contribution in [0.1, 0.15) is 29.5 Å². The summed E-state index contributed by atoms with van der Waals surface area (Å²) in [4.78, 5) is 6.62. The number of nitrogens with one attached hydrogen (secondary N) is 3. The number of fused-ring (bicyclic) bond motifs is 2. The molecular formula is C31H24ClN5O. The molecule has 1 aliphatic rings. The zero-order chi connectivity index (χ0) is 26.6. The monoisotopic (exact) mass is 517 g/mol. The Balaban J connectivity index is 0.000000937. The maximum absolute atomic E-state index is 10.4. The van der Waals surface area contributed by atoms with E-state index in [0.29, 0.717) is 27.6 Å². The number of nitrogens with zero attached hydrogens (tertiary/aromatic N) is 2. The van der Waals surface area contributed by atoms with Gasteiger partial charge >= 0.3 is 0 Å². The fourth-order valence-electron chi connectivity index (χ4n) is 4.90. The van der Waals surface area contributed by atoms with E-state index >= 15 is 0 Å². The third kappa shape index (κ3) is 4.33. The SMILES string of the molecule is CCO.N#CC1=C(c2c[nH]c3ccccc23)NC(c2c[nH]c3ccccc23)=C(C#N)C1c1ccc(Cl)cc1. The highest BCUT2D eigenvalue weighted by Gasteiger charge is 2.34. The molecule has 3 heterocycles. The molecule has 0 atom stereocenters. The zero-order valence-corrected chi connectivity index (χ0v) is 21.3. The molecule has 6 nitrogen and oxygen atoms in total. The Morgan fingerprint density at radius 2 is 1.21 bits per heavy atom. The third-order valence-electron chi connectivity index (χ3n) is 6.53. The molecule has 0 unspecified atom stereocenters. The van der Waals surface area contributed by atoms with Gasteiger partial charge in [0.05, 0.1) is 40.6 Å². The number of allylic oxidation sites excluding steroid dienone is 2. The van der Waals surface area contributed by atoms with Crippen molar-refractivity contribution in [1.29, 1.82) is 10.5 Å². The second-order valence-corrected chi connectivity index (χ2v) is 9.16. The number of hydrogen-bond acceptors (Lipinski definition) is 4. The number of aromatic amines is 2. The van der Waals surface area contributed by atoms with Crippen molar-refractivity contribution in [3.05, 3.63) is 118 Å². The molecule has 0 saturated heterocycles. The molecule has 4 N–H and O–H groups in total. The standard InChI is InChI=1S/C29H18ClN5.C2H6O/c30-18-11-9-17(10-12-18)27-21(13-31)28(23-15-33-25-7-3-1-5-19(23)25)35-29(22(27)14-32)24-16-34-26-8-4-2-6-20(24)26;1-2-3/h1-12,15-16,27,33-35H;3H,2H2,1H3. The van der Waals surface area contributed by atoms with Crippen LogP contribution in [-0.2, 0) is 0 Å². The summed E-state index contributed by atoms with van der Waals surface area (Å²) < 4.78 is 0. The number of dihydropyridines is 1. The fourth-order valence-corrected chi connectivity index (χ4v) is 5.03. The summed E-state index contributed by atoms with van der Waals surface area (Å²) >= 11 is 6.17. The number of benzene rings is 3. The molecule has 0 fully saturated rings. The lowest BCUT2D eigenvalue weighted by Crippen LogP contribution is -2.24. The number of halogens is 1. The lowest BCUT2D eigenvalue weighted by Gasteiger charge is -2.29. The van der Waals surface area contributed by atoms with E-state index in [9.17, 15) is 10.5 Å². The minimum Gasteiger partial charge on any atom is -0.397 e. The van der Waals surface area contributed by atoms with Gasteiger partial charge < -0.3 is 20.4 Å². The highest BCUT2D eigenvalue weighted by atomic mass is 35.5. The first-order valence-corrected chi connectivity index (χ1v) is 12.5. The minimum atomic E-state index is -0.546. The Kier molecular flexibility index (Phi) is 7.02. The molecule has 0 saturated carbocycles. The van der Waals surface area contributed by atoms with E-state index in [1.54, 1.807) is 19.1 Å². The summed E-state index contributed by atoms with van der Waals surface area (Å²) in [6, 6.07) is 28.1. The van der Waals surface area contributed by atoms with Crippen molar-refractivity contribution in [1.82, 2.24) is 15.3 Å². The smallest absolute Gasteiger partial charge is 0.0979 e. The van der Waals surface area contributed by atoms with Crippen LogP contribution in [0.3, 0.4) is 0 Å². The Morgan fingerprint density at radius 1 is 0.763 bits per heavy atom. The minimum absolute atomic E-state index is 0.250. The zero-order valence-electron chi connectivity index (χ0n) is 20.6. The normalized spacial score (nSPS) is 13.6. The largest absolute Gasteiger partial charge is 0.397 e. The van der Waals surface area contributed by atoms with Crippen LogP contribution in [0, 0.1) is 22.7 Å². The van der Waals surface area contributed by atoms with E-state index in [-0.39, 0.29) is 6.61 Å². The van der Waals surface area contributed by atoms with Crippen molar-refractivity contribution in [3.63, 3.8) is 0 Å². The van der Waals surface area contributed by atoms with Crippen LogP contribution in [0.2, 0.25) is 5.02 Å². The molecule has 0 spiro atoms. The summed E-state index contributed by atoms with van der Waals surface area (Å²) in [5.74, 6) is -0.546. The van der Waals surface area contributed by atoms with Crippen molar-refractivity contribution >= 4 is 44.8 Å². The van der Waals surface area contributed by atoms with E-state index in [1.807, 2.05) is 73.1 Å². The number of H-pyrrole nitrogens is 2. The maximum atomic E-state index is 10.4. The maximum Gasteiger partial charge on any atom is 0.0979 e. The van der Waals surface area contributed by atoms with E-state index in [1.165, 1.54) is 0 Å². The number of nitriles is 2. The van der Waals surface area contributed by atoms with Gasteiger partial charge in [0, 0.05) is 57.0 Å². The first-order valence-electron chi connectivity index (χ1n) is 12.2. The van der Waals surface area contributed by atoms with Crippen molar-refractivity contribution in [3.8, 4) is 12.1 Å². The van der Waals surface area contributed by atoms with Crippen LogP contribution < -0.4 is 5.32 Å². The van der Waals surface area contributed by atoms with Crippen molar-refractivity contribution in [2.45, 2.75) is 12.8 Å². The van der Waals surface area contributed by atoms with Gasteiger partial charge in [-0.05, 0) is 36.8 Å². The number of hydrogen-bond donors (Lipinski definition) is 4. The predicted octanol–water partition coefficient (Wildman–Crippen LogP) is 6.86. The average molecular weight is 518 g/mol. The quantitative estimate of drug-likeness (QED) is 0.209. The Hall–Kier alpha value is -4.75. The van der Waals surface area contributed by atoms with Crippen LogP contribution >= 0.6 is 11.6 Å². The first kappa shape index (κ1) is 24.9. The van der Waals surface area contributed by atoms with Gasteiger partial charge in [0.15, 0.2) is 0 Å². The molecule has 0 amide bonds. The van der Waals surface area contributed by atoms with Crippen LogP contribution in [0.4, 0.5) is 0 Å². The first-order chi connectivity index (χ1) is 18.6. The van der Waals surface area contributed by atoms with Crippen LogP contribution in [-0.4, -0.2) is 21.7 Å². The van der Waals surface area contributed by atoms with E-state index in [2.05, 4.69) is 27.4 Å². The van der Waals surface area contributed by atoms with E-state index in [0.717, 1.165) is 38.5 Å². The fraction of sp³-hybridized carbons (Fsp3) is 0.0968. The Bertz CT molecular complexity index is 1670. The average Bonchev–Trinajstić information content (AvgIpc) is 3.57. The van der Waals surface area contributed by atoms with Crippen molar-refractivity contribution < 1.29 is 5.11 Å². The van der Waals surface area contributed by atoms with Gasteiger partial charge in [-0.2, -0.15) is 10.5 Å². The molecule has 0 radical (unpaired) electrons. The summed E-state index contributed by atoms with van der Waals surface area (Å²) in [5, 5.41) is 34.5. The Labute approximate surface area is 225 Å². The molecule has 186 valence electrons. The third-order valence-corrected chi connectivity index (χ3v) is 6.78.